The molecule has 4 aromatic rings. The highest BCUT2D eigenvalue weighted by Crippen LogP contribution is 2.37. The second-order valence-electron chi connectivity index (χ2n) is 9.70. The molecule has 0 spiro atoms. The smallest absolute Gasteiger partial charge is 0.295 e. The summed E-state index contributed by atoms with van der Waals surface area (Å²) in [6.45, 7) is 0.949. The van der Waals surface area contributed by atoms with Gasteiger partial charge in [-0.1, -0.05) is 12.1 Å². The van der Waals surface area contributed by atoms with Crippen LogP contribution in [0.4, 0.5) is 31.8 Å². The molecule has 1 fully saturated rings. The standard InChI is InChI=1S/C28H29F2N7O5S/c1-40-13-14-41-20-10-11-22(33-19(20)16-31)34-23-15-18(32-17-7-3-4-8-21(17)43(2,38)39)25-27(35-23)37(28(36-25)26(29)30)24-9-5-6-12-42-24/h3-4,7-8,10-11,15,24,26H,5-6,9,12-14H2,1-2H3,(H2,32,33,34,35). The van der Waals surface area contributed by atoms with Gasteiger partial charge in [0, 0.05) is 26.0 Å². The summed E-state index contributed by atoms with van der Waals surface area (Å²) in [5, 5.41) is 15.7. The molecule has 1 aliphatic rings. The zero-order valence-electron chi connectivity index (χ0n) is 23.4. The van der Waals surface area contributed by atoms with Crippen LogP contribution in [0.25, 0.3) is 11.2 Å². The van der Waals surface area contributed by atoms with E-state index in [9.17, 15) is 22.5 Å². The minimum Gasteiger partial charge on any atom is -0.488 e. The fourth-order valence-corrected chi connectivity index (χ4v) is 5.57. The lowest BCUT2D eigenvalue weighted by Crippen LogP contribution is -2.20. The third kappa shape index (κ3) is 6.66. The van der Waals surface area contributed by atoms with Crippen molar-refractivity contribution < 1.29 is 31.4 Å². The lowest BCUT2D eigenvalue weighted by molar-refractivity contribution is -0.0363. The molecule has 12 nitrogen and oxygen atoms in total. The Balaban J connectivity index is 1.63. The highest BCUT2D eigenvalue weighted by Gasteiger charge is 2.29. The fourth-order valence-electron chi connectivity index (χ4n) is 4.72. The van der Waals surface area contributed by atoms with Gasteiger partial charge in [0.05, 0.1) is 22.9 Å². The number of ether oxygens (including phenoxy) is 3. The molecule has 0 radical (unpaired) electrons. The van der Waals surface area contributed by atoms with Crippen LogP contribution in [0.5, 0.6) is 5.75 Å². The number of hydrogen-bond donors (Lipinski definition) is 2. The largest absolute Gasteiger partial charge is 0.488 e. The summed E-state index contributed by atoms with van der Waals surface area (Å²) in [4.78, 5) is 13.2. The number of sulfone groups is 1. The topological polar surface area (TPSA) is 153 Å². The van der Waals surface area contributed by atoms with Crippen molar-refractivity contribution in [2.75, 3.05) is 43.8 Å². The molecule has 2 N–H and O–H groups in total. The van der Waals surface area contributed by atoms with Gasteiger partial charge in [-0.25, -0.2) is 32.2 Å². The van der Waals surface area contributed by atoms with Gasteiger partial charge in [0.1, 0.15) is 36.1 Å². The van der Waals surface area contributed by atoms with Crippen molar-refractivity contribution in [3.63, 3.8) is 0 Å². The number of para-hydroxylation sites is 1. The van der Waals surface area contributed by atoms with E-state index in [-0.39, 0.29) is 57.1 Å². The maximum atomic E-state index is 14.3. The van der Waals surface area contributed by atoms with Gasteiger partial charge in [-0.2, -0.15) is 5.26 Å². The molecule has 226 valence electrons. The lowest BCUT2D eigenvalue weighted by atomic mass is 10.2. The number of fused-ring (bicyclic) bond motifs is 1. The number of alkyl halides is 2. The summed E-state index contributed by atoms with van der Waals surface area (Å²) in [7, 11) is -2.11. The molecule has 0 amide bonds. The molecular weight excluding hydrogens is 584 g/mol. The Bertz CT molecular complexity index is 1770. The number of nitrogens with one attached hydrogen (secondary N) is 2. The number of methoxy groups -OCH3 is 1. The summed E-state index contributed by atoms with van der Waals surface area (Å²) in [5.74, 6) is 0.156. The van der Waals surface area contributed by atoms with Crippen molar-refractivity contribution in [2.24, 2.45) is 0 Å². The Morgan fingerprint density at radius 3 is 2.60 bits per heavy atom. The maximum absolute atomic E-state index is 14.3. The first-order valence-electron chi connectivity index (χ1n) is 13.4. The zero-order valence-corrected chi connectivity index (χ0v) is 24.2. The fraction of sp³-hybridized carbons (Fsp3) is 0.357. The number of nitriles is 1. The molecule has 3 aromatic heterocycles. The monoisotopic (exact) mass is 613 g/mol. The van der Waals surface area contributed by atoms with Gasteiger partial charge < -0.3 is 24.8 Å². The molecule has 1 atom stereocenters. The first-order chi connectivity index (χ1) is 20.7. The summed E-state index contributed by atoms with van der Waals surface area (Å²) in [6, 6.07) is 12.9. The van der Waals surface area contributed by atoms with Gasteiger partial charge in [0.2, 0.25) is 0 Å². The predicted molar refractivity (Wildman–Crippen MR) is 154 cm³/mol. The highest BCUT2D eigenvalue weighted by molar-refractivity contribution is 7.90. The minimum absolute atomic E-state index is 0.0167. The third-order valence-electron chi connectivity index (χ3n) is 6.64. The van der Waals surface area contributed by atoms with Crippen molar-refractivity contribution in [3.05, 3.63) is 54.0 Å². The van der Waals surface area contributed by atoms with E-state index >= 15 is 0 Å². The van der Waals surface area contributed by atoms with E-state index in [0.29, 0.717) is 19.6 Å². The highest BCUT2D eigenvalue weighted by atomic mass is 32.2. The SMILES string of the molecule is COCCOc1ccc(Nc2cc(Nc3ccccc3S(C)(=O)=O)c3nc(C(F)F)n(C4CCCCO4)c3n2)nc1C#N. The van der Waals surface area contributed by atoms with Crippen LogP contribution in [-0.2, 0) is 19.3 Å². The van der Waals surface area contributed by atoms with Gasteiger partial charge in [-0.05, 0) is 43.5 Å². The van der Waals surface area contributed by atoms with Gasteiger partial charge >= 0.3 is 0 Å². The number of benzene rings is 1. The molecule has 5 rings (SSSR count). The van der Waals surface area contributed by atoms with E-state index in [4.69, 9.17) is 14.2 Å². The van der Waals surface area contributed by atoms with E-state index in [1.54, 1.807) is 30.3 Å². The Kier molecular flexibility index (Phi) is 9.00. The number of aromatic nitrogens is 4. The summed E-state index contributed by atoms with van der Waals surface area (Å²) < 4.78 is 71.3. The lowest BCUT2D eigenvalue weighted by Gasteiger charge is -2.25. The molecule has 0 bridgehead atoms. The van der Waals surface area contributed by atoms with Crippen LogP contribution in [0.1, 0.15) is 43.4 Å². The van der Waals surface area contributed by atoms with Crippen LogP contribution >= 0.6 is 0 Å². The van der Waals surface area contributed by atoms with Crippen LogP contribution in [0.15, 0.2) is 47.4 Å². The first-order valence-corrected chi connectivity index (χ1v) is 15.3. The van der Waals surface area contributed by atoms with Gasteiger partial charge in [-0.15, -0.1) is 0 Å². The molecule has 1 aromatic carbocycles. The molecule has 1 saturated heterocycles. The Morgan fingerprint density at radius 2 is 1.91 bits per heavy atom. The molecule has 0 saturated carbocycles. The minimum atomic E-state index is -3.64. The van der Waals surface area contributed by atoms with Crippen LogP contribution < -0.4 is 15.4 Å². The molecular formula is C28H29F2N7O5S. The van der Waals surface area contributed by atoms with Crippen LogP contribution in [0.2, 0.25) is 0 Å². The number of pyridine rings is 2. The Hall–Kier alpha value is -4.39. The van der Waals surface area contributed by atoms with Gasteiger partial charge in [-0.3, -0.25) is 4.57 Å². The number of nitrogens with zero attached hydrogens (tertiary/aromatic N) is 5. The molecule has 0 aliphatic carbocycles. The van der Waals surface area contributed by atoms with E-state index < -0.39 is 28.3 Å². The van der Waals surface area contributed by atoms with E-state index in [0.717, 1.165) is 19.1 Å². The van der Waals surface area contributed by atoms with E-state index in [2.05, 4.69) is 25.6 Å². The summed E-state index contributed by atoms with van der Waals surface area (Å²) in [5.41, 5.74) is 0.675. The summed E-state index contributed by atoms with van der Waals surface area (Å²) >= 11 is 0. The Morgan fingerprint density at radius 1 is 1.09 bits per heavy atom. The normalized spacial score (nSPS) is 15.4. The number of halogens is 2. The zero-order chi connectivity index (χ0) is 30.6. The van der Waals surface area contributed by atoms with E-state index in [1.807, 2.05) is 6.07 Å². The molecule has 15 heteroatoms. The average molecular weight is 614 g/mol. The second kappa shape index (κ2) is 12.9. The van der Waals surface area contributed by atoms with Crippen molar-refractivity contribution >= 4 is 44.0 Å². The van der Waals surface area contributed by atoms with Gasteiger partial charge in [0.15, 0.2) is 32.8 Å². The Labute approximate surface area is 246 Å². The first kappa shape index (κ1) is 30.1. The predicted octanol–water partition coefficient (Wildman–Crippen LogP) is 5.25. The number of anilines is 4. The number of imidazole rings is 1. The molecule has 1 unspecified atom stereocenters. The third-order valence-corrected chi connectivity index (χ3v) is 7.79. The van der Waals surface area contributed by atoms with Gasteiger partial charge in [0.25, 0.3) is 6.43 Å². The average Bonchev–Trinajstić information content (AvgIpc) is 3.38. The van der Waals surface area contributed by atoms with Crippen molar-refractivity contribution in [1.82, 2.24) is 19.5 Å². The molecule has 4 heterocycles. The number of hydrogen-bond acceptors (Lipinski definition) is 11. The quantitative estimate of drug-likeness (QED) is 0.213. The van der Waals surface area contributed by atoms with Crippen molar-refractivity contribution in [3.8, 4) is 11.8 Å². The maximum Gasteiger partial charge on any atom is 0.295 e. The number of rotatable bonds is 11. The molecule has 1 aliphatic heterocycles. The van der Waals surface area contributed by atoms with E-state index in [1.165, 1.54) is 23.8 Å². The van der Waals surface area contributed by atoms with Crippen molar-refractivity contribution in [2.45, 2.75) is 36.8 Å². The van der Waals surface area contributed by atoms with Crippen LogP contribution in [-0.4, -0.2) is 61.1 Å². The summed E-state index contributed by atoms with van der Waals surface area (Å²) in [6.07, 6.45) is -0.501. The van der Waals surface area contributed by atoms with Crippen LogP contribution in [0.3, 0.4) is 0 Å². The van der Waals surface area contributed by atoms with Crippen LogP contribution in [0, 0.1) is 11.3 Å². The second-order valence-corrected chi connectivity index (χ2v) is 11.7. The van der Waals surface area contributed by atoms with Crippen molar-refractivity contribution in [1.29, 1.82) is 5.26 Å². The molecule has 43 heavy (non-hydrogen) atoms.